The van der Waals surface area contributed by atoms with Crippen LogP contribution in [0.15, 0.2) is 18.2 Å². The number of hydrogen-bond donors (Lipinski definition) is 1. The second-order valence-electron chi connectivity index (χ2n) is 6.48. The molecular formula is C18H28N2O. The molecule has 1 saturated heterocycles. The van der Waals surface area contributed by atoms with Crippen LogP contribution in [0.2, 0.25) is 0 Å². The first kappa shape index (κ1) is 16.0. The van der Waals surface area contributed by atoms with Gasteiger partial charge in [0.1, 0.15) is 0 Å². The fraction of sp³-hybridized carbons (Fsp3) is 0.611. The molecule has 3 unspecified atom stereocenters. The normalized spacial score (nSPS) is 22.0. The van der Waals surface area contributed by atoms with Gasteiger partial charge >= 0.3 is 0 Å². The summed E-state index contributed by atoms with van der Waals surface area (Å²) in [7, 11) is 0. The van der Waals surface area contributed by atoms with Gasteiger partial charge in [0.05, 0.1) is 12.0 Å². The molecule has 0 bridgehead atoms. The summed E-state index contributed by atoms with van der Waals surface area (Å²) in [6.45, 7) is 9.02. The Kier molecular flexibility index (Phi) is 5.04. The van der Waals surface area contributed by atoms with Crippen LogP contribution in [-0.4, -0.2) is 23.4 Å². The molecular weight excluding hydrogens is 260 g/mol. The van der Waals surface area contributed by atoms with Crippen molar-refractivity contribution in [3.05, 3.63) is 34.9 Å². The minimum Gasteiger partial charge on any atom is -0.335 e. The number of piperidine rings is 1. The molecule has 0 aromatic heterocycles. The number of nitrogens with zero attached hydrogens (tertiary/aromatic N) is 1. The molecule has 0 saturated carbocycles. The number of nitrogens with two attached hydrogens (primary N) is 1. The van der Waals surface area contributed by atoms with Crippen molar-refractivity contribution in [2.45, 2.75) is 59.0 Å². The summed E-state index contributed by atoms with van der Waals surface area (Å²) < 4.78 is 0. The lowest BCUT2D eigenvalue weighted by Gasteiger charge is -2.39. The summed E-state index contributed by atoms with van der Waals surface area (Å²) in [5.74, 6) is 0.0892. The van der Waals surface area contributed by atoms with Gasteiger partial charge in [0, 0.05) is 12.6 Å². The number of likely N-dealkylation sites (tertiary alicyclic amines) is 1. The minimum absolute atomic E-state index is 0.0984. The summed E-state index contributed by atoms with van der Waals surface area (Å²) in [5, 5.41) is 0. The highest BCUT2D eigenvalue weighted by Crippen LogP contribution is 2.34. The van der Waals surface area contributed by atoms with Crippen molar-refractivity contribution in [1.29, 1.82) is 0 Å². The number of aryl methyl sites for hydroxylation is 1. The molecule has 0 spiro atoms. The first-order chi connectivity index (χ1) is 9.93. The highest BCUT2D eigenvalue weighted by atomic mass is 16.2. The van der Waals surface area contributed by atoms with Crippen molar-refractivity contribution in [2.24, 2.45) is 11.7 Å². The van der Waals surface area contributed by atoms with E-state index in [1.165, 1.54) is 23.1 Å². The molecule has 3 heteroatoms. The number of benzene rings is 1. The Hall–Kier alpha value is -1.35. The van der Waals surface area contributed by atoms with Crippen LogP contribution in [0.4, 0.5) is 0 Å². The van der Waals surface area contributed by atoms with Crippen LogP contribution in [0.25, 0.3) is 0 Å². The molecule has 116 valence electrons. The zero-order valence-electron chi connectivity index (χ0n) is 13.7. The first-order valence-corrected chi connectivity index (χ1v) is 8.05. The standard InChI is InChI=1S/C18H28N2O/c1-12-8-7-9-16(13(12)2)17-10-5-6-11-20(17)18(21)14(3)15(4)19/h7-9,14-15,17H,5-6,10-11,19H2,1-4H3. The Morgan fingerprint density at radius 1 is 1.29 bits per heavy atom. The Labute approximate surface area is 128 Å². The average molecular weight is 288 g/mol. The van der Waals surface area contributed by atoms with Gasteiger partial charge in [0.15, 0.2) is 0 Å². The molecule has 2 N–H and O–H groups in total. The van der Waals surface area contributed by atoms with Crippen LogP contribution >= 0.6 is 0 Å². The maximum atomic E-state index is 12.8. The topological polar surface area (TPSA) is 46.3 Å². The van der Waals surface area contributed by atoms with E-state index in [-0.39, 0.29) is 23.9 Å². The summed E-state index contributed by atoms with van der Waals surface area (Å²) >= 11 is 0. The molecule has 0 radical (unpaired) electrons. The lowest BCUT2D eigenvalue weighted by atomic mass is 9.89. The van der Waals surface area contributed by atoms with Gasteiger partial charge in [-0.3, -0.25) is 4.79 Å². The molecule has 3 nitrogen and oxygen atoms in total. The van der Waals surface area contributed by atoms with Gasteiger partial charge in [-0.2, -0.15) is 0 Å². The lowest BCUT2D eigenvalue weighted by molar-refractivity contribution is -0.139. The largest absolute Gasteiger partial charge is 0.335 e. The predicted molar refractivity (Wildman–Crippen MR) is 87.0 cm³/mol. The second-order valence-corrected chi connectivity index (χ2v) is 6.48. The quantitative estimate of drug-likeness (QED) is 0.927. The number of amides is 1. The van der Waals surface area contributed by atoms with Crippen molar-refractivity contribution in [2.75, 3.05) is 6.54 Å². The molecule has 3 atom stereocenters. The fourth-order valence-electron chi connectivity index (χ4n) is 3.14. The molecule has 1 heterocycles. The molecule has 1 amide bonds. The van der Waals surface area contributed by atoms with Gasteiger partial charge in [0.2, 0.25) is 5.91 Å². The van der Waals surface area contributed by atoms with Crippen LogP contribution in [0.5, 0.6) is 0 Å². The van der Waals surface area contributed by atoms with E-state index in [1.807, 2.05) is 13.8 Å². The van der Waals surface area contributed by atoms with Crippen molar-refractivity contribution >= 4 is 5.91 Å². The van der Waals surface area contributed by atoms with Crippen LogP contribution in [0, 0.1) is 19.8 Å². The van der Waals surface area contributed by atoms with Crippen molar-refractivity contribution in [3.63, 3.8) is 0 Å². The SMILES string of the molecule is Cc1cccc(C2CCCCN2C(=O)C(C)C(C)N)c1C. The Balaban J connectivity index is 2.31. The van der Waals surface area contributed by atoms with Crippen LogP contribution in [0.1, 0.15) is 55.8 Å². The molecule has 2 rings (SSSR count). The molecule has 1 aromatic carbocycles. The van der Waals surface area contributed by atoms with Crippen molar-refractivity contribution in [3.8, 4) is 0 Å². The lowest BCUT2D eigenvalue weighted by Crippen LogP contribution is -2.45. The molecule has 1 fully saturated rings. The molecule has 1 aromatic rings. The van der Waals surface area contributed by atoms with E-state index >= 15 is 0 Å². The van der Waals surface area contributed by atoms with Crippen LogP contribution in [0.3, 0.4) is 0 Å². The predicted octanol–water partition coefficient (Wildman–Crippen LogP) is 3.34. The van der Waals surface area contributed by atoms with E-state index in [0.717, 1.165) is 19.4 Å². The van der Waals surface area contributed by atoms with E-state index in [1.54, 1.807) is 0 Å². The van der Waals surface area contributed by atoms with Gasteiger partial charge in [-0.25, -0.2) is 0 Å². The maximum Gasteiger partial charge on any atom is 0.227 e. The smallest absolute Gasteiger partial charge is 0.227 e. The van der Waals surface area contributed by atoms with E-state index in [0.29, 0.717) is 0 Å². The van der Waals surface area contributed by atoms with Gasteiger partial charge in [-0.15, -0.1) is 0 Å². The zero-order valence-corrected chi connectivity index (χ0v) is 13.7. The Bertz CT molecular complexity index is 510. The maximum absolute atomic E-state index is 12.8. The highest BCUT2D eigenvalue weighted by molar-refractivity contribution is 5.79. The Morgan fingerprint density at radius 2 is 2.00 bits per heavy atom. The molecule has 21 heavy (non-hydrogen) atoms. The van der Waals surface area contributed by atoms with E-state index in [2.05, 4.69) is 36.9 Å². The minimum atomic E-state index is -0.115. The molecule has 1 aliphatic rings. The van der Waals surface area contributed by atoms with Crippen molar-refractivity contribution < 1.29 is 4.79 Å². The van der Waals surface area contributed by atoms with Gasteiger partial charge in [0.25, 0.3) is 0 Å². The van der Waals surface area contributed by atoms with E-state index in [4.69, 9.17) is 5.73 Å². The third-order valence-corrected chi connectivity index (χ3v) is 4.97. The third kappa shape index (κ3) is 3.29. The van der Waals surface area contributed by atoms with Crippen LogP contribution < -0.4 is 5.73 Å². The van der Waals surface area contributed by atoms with E-state index in [9.17, 15) is 4.79 Å². The number of carbonyl (C=O) groups excluding carboxylic acids is 1. The van der Waals surface area contributed by atoms with Gasteiger partial charge in [-0.05, 0) is 56.7 Å². The number of hydrogen-bond acceptors (Lipinski definition) is 2. The monoisotopic (exact) mass is 288 g/mol. The van der Waals surface area contributed by atoms with Gasteiger partial charge in [-0.1, -0.05) is 25.1 Å². The third-order valence-electron chi connectivity index (χ3n) is 4.97. The zero-order chi connectivity index (χ0) is 15.6. The average Bonchev–Trinajstić information content (AvgIpc) is 2.48. The van der Waals surface area contributed by atoms with Gasteiger partial charge < -0.3 is 10.6 Å². The summed E-state index contributed by atoms with van der Waals surface area (Å²) in [5.41, 5.74) is 9.85. The fourth-order valence-corrected chi connectivity index (χ4v) is 3.14. The molecule has 1 aliphatic heterocycles. The van der Waals surface area contributed by atoms with Crippen molar-refractivity contribution in [1.82, 2.24) is 4.90 Å². The summed E-state index contributed by atoms with van der Waals surface area (Å²) in [4.78, 5) is 14.8. The first-order valence-electron chi connectivity index (χ1n) is 8.05. The van der Waals surface area contributed by atoms with E-state index < -0.39 is 0 Å². The Morgan fingerprint density at radius 3 is 2.67 bits per heavy atom. The summed E-state index contributed by atoms with van der Waals surface area (Å²) in [6.07, 6.45) is 3.34. The second kappa shape index (κ2) is 6.61. The molecule has 0 aliphatic carbocycles. The number of carbonyl (C=O) groups is 1. The number of rotatable bonds is 3. The van der Waals surface area contributed by atoms with Crippen LogP contribution in [-0.2, 0) is 4.79 Å². The summed E-state index contributed by atoms with van der Waals surface area (Å²) in [6, 6.07) is 6.53. The highest BCUT2D eigenvalue weighted by Gasteiger charge is 2.32.